The largest absolute Gasteiger partial charge is 0.340 e. The minimum atomic E-state index is -0.600. The van der Waals surface area contributed by atoms with Crippen LogP contribution in [0.1, 0.15) is 42.3 Å². The van der Waals surface area contributed by atoms with Gasteiger partial charge in [0, 0.05) is 11.3 Å². The van der Waals surface area contributed by atoms with Crippen LogP contribution in [0.25, 0.3) is 0 Å². The van der Waals surface area contributed by atoms with Gasteiger partial charge < -0.3 is 10.6 Å². The molecule has 0 aliphatic carbocycles. The second-order valence-corrected chi connectivity index (χ2v) is 6.55. The molecule has 0 aliphatic heterocycles. The Morgan fingerprint density at radius 1 is 1.04 bits per heavy atom. The highest BCUT2D eigenvalue weighted by molar-refractivity contribution is 6.01. The van der Waals surface area contributed by atoms with E-state index >= 15 is 0 Å². The first kappa shape index (κ1) is 18.7. The summed E-state index contributed by atoms with van der Waals surface area (Å²) in [5.41, 5.74) is 3.38. The molecule has 4 nitrogen and oxygen atoms in total. The average molecular weight is 338 g/mol. The van der Waals surface area contributed by atoms with E-state index in [0.717, 1.165) is 23.2 Å². The third-order valence-corrected chi connectivity index (χ3v) is 4.23. The van der Waals surface area contributed by atoms with Crippen LogP contribution in [0, 0.1) is 12.8 Å². The summed E-state index contributed by atoms with van der Waals surface area (Å²) in [6, 6.07) is 14.5. The fraction of sp³-hybridized carbons (Fsp3) is 0.333. The van der Waals surface area contributed by atoms with Crippen molar-refractivity contribution in [2.24, 2.45) is 5.92 Å². The van der Waals surface area contributed by atoms with E-state index in [-0.39, 0.29) is 17.7 Å². The molecule has 0 fully saturated rings. The van der Waals surface area contributed by atoms with Crippen LogP contribution in [0.4, 0.5) is 5.69 Å². The molecule has 132 valence electrons. The monoisotopic (exact) mass is 338 g/mol. The number of amides is 2. The van der Waals surface area contributed by atoms with Crippen molar-refractivity contribution in [2.45, 2.75) is 40.2 Å². The van der Waals surface area contributed by atoms with E-state index in [1.165, 1.54) is 0 Å². The molecule has 0 saturated heterocycles. The number of anilines is 1. The number of hydrogen-bond donors (Lipinski definition) is 2. The second-order valence-electron chi connectivity index (χ2n) is 6.55. The van der Waals surface area contributed by atoms with Crippen LogP contribution < -0.4 is 10.6 Å². The minimum absolute atomic E-state index is 0.0256. The van der Waals surface area contributed by atoms with E-state index in [0.29, 0.717) is 5.56 Å². The number of hydrogen-bond acceptors (Lipinski definition) is 2. The Balaban J connectivity index is 2.13. The molecule has 0 spiro atoms. The Labute approximate surface area is 149 Å². The van der Waals surface area contributed by atoms with Gasteiger partial charge in [0.05, 0.1) is 0 Å². The van der Waals surface area contributed by atoms with Crippen molar-refractivity contribution < 1.29 is 9.59 Å². The van der Waals surface area contributed by atoms with Crippen molar-refractivity contribution in [3.8, 4) is 0 Å². The highest BCUT2D eigenvalue weighted by Gasteiger charge is 2.25. The summed E-state index contributed by atoms with van der Waals surface area (Å²) < 4.78 is 0. The Morgan fingerprint density at radius 2 is 1.76 bits per heavy atom. The summed E-state index contributed by atoms with van der Waals surface area (Å²) in [7, 11) is 0. The first-order chi connectivity index (χ1) is 11.9. The maximum absolute atomic E-state index is 12.7. The van der Waals surface area contributed by atoms with Gasteiger partial charge in [0.25, 0.3) is 5.91 Å². The Hall–Kier alpha value is -2.62. The topological polar surface area (TPSA) is 58.2 Å². The van der Waals surface area contributed by atoms with Crippen LogP contribution >= 0.6 is 0 Å². The third-order valence-electron chi connectivity index (χ3n) is 4.23. The fourth-order valence-electron chi connectivity index (χ4n) is 2.67. The highest BCUT2D eigenvalue weighted by atomic mass is 16.2. The molecule has 25 heavy (non-hydrogen) atoms. The number of nitrogens with one attached hydrogen (secondary N) is 2. The number of carbonyl (C=O) groups is 2. The maximum atomic E-state index is 12.7. The van der Waals surface area contributed by atoms with Gasteiger partial charge in [-0.15, -0.1) is 0 Å². The Bertz CT molecular complexity index is 753. The zero-order valence-electron chi connectivity index (χ0n) is 15.3. The average Bonchev–Trinajstić information content (AvgIpc) is 2.59. The lowest BCUT2D eigenvalue weighted by Crippen LogP contribution is -2.47. The summed E-state index contributed by atoms with van der Waals surface area (Å²) >= 11 is 0. The van der Waals surface area contributed by atoms with Crippen molar-refractivity contribution in [3.63, 3.8) is 0 Å². The summed E-state index contributed by atoms with van der Waals surface area (Å²) in [4.78, 5) is 25.2. The van der Waals surface area contributed by atoms with Crippen LogP contribution in [-0.2, 0) is 11.2 Å². The van der Waals surface area contributed by atoms with Gasteiger partial charge in [-0.3, -0.25) is 9.59 Å². The van der Waals surface area contributed by atoms with E-state index in [4.69, 9.17) is 0 Å². The number of benzene rings is 2. The Morgan fingerprint density at radius 3 is 2.40 bits per heavy atom. The second kappa shape index (κ2) is 8.47. The van der Waals surface area contributed by atoms with Crippen LogP contribution in [0.3, 0.4) is 0 Å². The minimum Gasteiger partial charge on any atom is -0.340 e. The van der Waals surface area contributed by atoms with Crippen molar-refractivity contribution in [3.05, 3.63) is 65.2 Å². The van der Waals surface area contributed by atoms with Gasteiger partial charge in [0.15, 0.2) is 0 Å². The summed E-state index contributed by atoms with van der Waals surface area (Å²) in [6.07, 6.45) is 0.904. The van der Waals surface area contributed by atoms with Crippen molar-refractivity contribution in [1.29, 1.82) is 0 Å². The molecule has 0 heterocycles. The van der Waals surface area contributed by atoms with Crippen LogP contribution in [0.15, 0.2) is 48.5 Å². The molecule has 1 atom stereocenters. The number of carbonyl (C=O) groups excluding carboxylic acids is 2. The Kier molecular flexibility index (Phi) is 6.34. The molecule has 2 rings (SSSR count). The molecule has 0 aromatic heterocycles. The van der Waals surface area contributed by atoms with Gasteiger partial charge in [-0.05, 0) is 48.6 Å². The summed E-state index contributed by atoms with van der Waals surface area (Å²) in [6.45, 7) is 7.80. The molecular formula is C21H26N2O2. The van der Waals surface area contributed by atoms with Gasteiger partial charge in [-0.1, -0.05) is 51.1 Å². The molecule has 0 unspecified atom stereocenters. The maximum Gasteiger partial charge on any atom is 0.252 e. The van der Waals surface area contributed by atoms with Gasteiger partial charge in [0.1, 0.15) is 6.04 Å². The van der Waals surface area contributed by atoms with E-state index in [9.17, 15) is 9.59 Å². The summed E-state index contributed by atoms with van der Waals surface area (Å²) in [5, 5.41) is 5.79. The van der Waals surface area contributed by atoms with Gasteiger partial charge >= 0.3 is 0 Å². The van der Waals surface area contributed by atoms with Gasteiger partial charge in [-0.25, -0.2) is 0 Å². The first-order valence-corrected chi connectivity index (χ1v) is 8.68. The predicted molar refractivity (Wildman–Crippen MR) is 102 cm³/mol. The van der Waals surface area contributed by atoms with Crippen LogP contribution in [0.5, 0.6) is 0 Å². The lowest BCUT2D eigenvalue weighted by Gasteiger charge is -2.22. The number of rotatable bonds is 6. The van der Waals surface area contributed by atoms with Crippen molar-refractivity contribution >= 4 is 17.5 Å². The lowest BCUT2D eigenvalue weighted by atomic mass is 10.0. The lowest BCUT2D eigenvalue weighted by molar-refractivity contribution is -0.118. The predicted octanol–water partition coefficient (Wildman–Crippen LogP) is 3.95. The van der Waals surface area contributed by atoms with Gasteiger partial charge in [-0.2, -0.15) is 0 Å². The van der Waals surface area contributed by atoms with Crippen LogP contribution in [0.2, 0.25) is 0 Å². The van der Waals surface area contributed by atoms with Crippen LogP contribution in [-0.4, -0.2) is 17.9 Å². The molecule has 0 bridgehead atoms. The van der Waals surface area contributed by atoms with Gasteiger partial charge in [0.2, 0.25) is 5.91 Å². The molecule has 2 N–H and O–H groups in total. The third kappa shape index (κ3) is 4.92. The zero-order chi connectivity index (χ0) is 18.4. The number of aryl methyl sites for hydroxylation is 2. The molecule has 0 saturated carbocycles. The molecular weight excluding hydrogens is 312 g/mol. The SMILES string of the molecule is CCc1cccc(NC(=O)[C@@H](NC(=O)c2ccccc2C)C(C)C)c1. The summed E-state index contributed by atoms with van der Waals surface area (Å²) in [5.74, 6) is -0.457. The van der Waals surface area contributed by atoms with Crippen molar-refractivity contribution in [2.75, 3.05) is 5.32 Å². The zero-order valence-corrected chi connectivity index (χ0v) is 15.3. The molecule has 4 heteroatoms. The molecule has 2 aromatic carbocycles. The molecule has 2 aromatic rings. The molecule has 2 amide bonds. The van der Waals surface area contributed by atoms with E-state index in [2.05, 4.69) is 17.6 Å². The first-order valence-electron chi connectivity index (χ1n) is 8.68. The quantitative estimate of drug-likeness (QED) is 0.838. The van der Waals surface area contributed by atoms with E-state index in [1.54, 1.807) is 6.07 Å². The molecule has 0 radical (unpaired) electrons. The smallest absolute Gasteiger partial charge is 0.252 e. The normalized spacial score (nSPS) is 11.9. The van der Waals surface area contributed by atoms with E-state index < -0.39 is 6.04 Å². The fourth-order valence-corrected chi connectivity index (χ4v) is 2.67. The van der Waals surface area contributed by atoms with Crippen molar-refractivity contribution in [1.82, 2.24) is 5.32 Å². The molecule has 0 aliphatic rings. The standard InChI is InChI=1S/C21H26N2O2/c1-5-16-10-8-11-17(13-16)22-21(25)19(14(2)3)23-20(24)18-12-7-6-9-15(18)4/h6-14,19H,5H2,1-4H3,(H,22,25)(H,23,24)/t19-/m0/s1. The van der Waals surface area contributed by atoms with E-state index in [1.807, 2.05) is 63.2 Å². The highest BCUT2D eigenvalue weighted by Crippen LogP contribution is 2.14.